The van der Waals surface area contributed by atoms with Crippen molar-refractivity contribution in [2.75, 3.05) is 9.34 Å². The molecule has 1 aliphatic heterocycles. The second-order valence-corrected chi connectivity index (χ2v) is 18.1. The Morgan fingerprint density at radius 3 is 1.52 bits per heavy atom. The maximum Gasteiger partial charge on any atom is 0.301 e. The van der Waals surface area contributed by atoms with E-state index in [0.29, 0.717) is 0 Å². The molecule has 9 aromatic carbocycles. The molecule has 4 heterocycles. The summed E-state index contributed by atoms with van der Waals surface area (Å²) < 4.78 is 36.0. The summed E-state index contributed by atoms with van der Waals surface area (Å²) in [7, 11) is -3.72. The quantitative estimate of drug-likeness (QED) is 0.162. The first-order chi connectivity index (χ1) is 30.1. The number of furan rings is 2. The van der Waals surface area contributed by atoms with Gasteiger partial charge in [0.15, 0.2) is 0 Å². The summed E-state index contributed by atoms with van der Waals surface area (Å²) >= 11 is 0. The summed E-state index contributed by atoms with van der Waals surface area (Å²) in [5, 5.41) is 7.08. The second kappa shape index (κ2) is 12.9. The number of aromatic nitrogens is 1. The number of anilines is 4. The van der Waals surface area contributed by atoms with Crippen molar-refractivity contribution < 1.29 is 13.4 Å². The Balaban J connectivity index is 1.08. The molecule has 0 fully saturated rings. The van der Waals surface area contributed by atoms with Gasteiger partial charge in [0.05, 0.1) is 39.1 Å². The largest absolute Gasteiger partial charge is 0.456 e. The lowest BCUT2D eigenvalue weighted by atomic mass is 10.0. The van der Waals surface area contributed by atoms with Crippen molar-refractivity contribution in [2.24, 2.45) is 0 Å². The van der Waals surface area contributed by atoms with E-state index in [1.54, 1.807) is 0 Å². The topological polar surface area (TPSA) is 54.8 Å². The van der Waals surface area contributed by atoms with Gasteiger partial charge in [-0.05, 0) is 108 Å². The molecule has 12 aromatic rings. The molecule has 0 bridgehead atoms. The van der Waals surface area contributed by atoms with Crippen LogP contribution in [0.1, 0.15) is 0 Å². The van der Waals surface area contributed by atoms with Gasteiger partial charge in [-0.3, -0.25) is 13.9 Å². The van der Waals surface area contributed by atoms with Crippen molar-refractivity contribution in [3.63, 3.8) is 0 Å². The van der Waals surface area contributed by atoms with Gasteiger partial charge in [0.2, 0.25) is 0 Å². The molecule has 1 unspecified atom stereocenters. The first kappa shape index (κ1) is 34.1. The third-order valence-electron chi connectivity index (χ3n) is 12.3. The predicted octanol–water partition coefficient (Wildman–Crippen LogP) is 15.1. The lowest BCUT2D eigenvalue weighted by Crippen LogP contribution is -2.26. The summed E-state index contributed by atoms with van der Waals surface area (Å²) in [6.45, 7) is 0. The summed E-state index contributed by atoms with van der Waals surface area (Å²) in [6, 6.07) is 70.8. The van der Waals surface area contributed by atoms with Gasteiger partial charge in [0.1, 0.15) is 22.3 Å². The van der Waals surface area contributed by atoms with E-state index in [1.807, 2.05) is 91.0 Å². The Bertz CT molecular complexity index is 3770. The highest BCUT2D eigenvalue weighted by molar-refractivity contribution is 7.76. The first-order valence-corrected chi connectivity index (χ1v) is 22.1. The Morgan fingerprint density at radius 1 is 0.344 bits per heavy atom. The molecule has 0 saturated heterocycles. The van der Waals surface area contributed by atoms with Gasteiger partial charge in [-0.15, -0.1) is 0 Å². The van der Waals surface area contributed by atoms with Crippen LogP contribution in [0.5, 0.6) is 0 Å². The van der Waals surface area contributed by atoms with E-state index in [2.05, 4.69) is 129 Å². The molecule has 13 rings (SSSR count). The second-order valence-electron chi connectivity index (χ2n) is 15.7. The van der Waals surface area contributed by atoms with Crippen LogP contribution in [-0.2, 0) is 4.57 Å². The molecule has 0 amide bonds. The summed E-state index contributed by atoms with van der Waals surface area (Å²) in [5.74, 6) is 0. The number of hydrogen-bond acceptors (Lipinski definition) is 3. The number of rotatable bonds is 5. The zero-order valence-corrected chi connectivity index (χ0v) is 33.5. The van der Waals surface area contributed by atoms with Gasteiger partial charge in [0, 0.05) is 38.0 Å². The lowest BCUT2D eigenvalue weighted by molar-refractivity contribution is 0.582. The van der Waals surface area contributed by atoms with Crippen LogP contribution in [0.3, 0.4) is 0 Å². The fraction of sp³-hybridized carbons (Fsp3) is 0. The third kappa shape index (κ3) is 4.94. The molecule has 288 valence electrons. The van der Waals surface area contributed by atoms with Crippen LogP contribution < -0.4 is 14.6 Å². The fourth-order valence-corrected chi connectivity index (χ4v) is 12.6. The van der Waals surface area contributed by atoms with Crippen LogP contribution >= 0.6 is 7.44 Å². The first-order valence-electron chi connectivity index (χ1n) is 20.4. The van der Waals surface area contributed by atoms with Crippen LogP contribution in [0.2, 0.25) is 0 Å². The molecule has 6 nitrogen and oxygen atoms in total. The van der Waals surface area contributed by atoms with Crippen molar-refractivity contribution in [3.05, 3.63) is 206 Å². The Kier molecular flexibility index (Phi) is 7.19. The van der Waals surface area contributed by atoms with Crippen LogP contribution in [0, 0.1) is 0 Å². The summed E-state index contributed by atoms with van der Waals surface area (Å²) in [6.07, 6.45) is 0. The number of nitrogens with zero attached hydrogens (tertiary/aromatic N) is 3. The molecule has 7 heteroatoms. The predicted molar refractivity (Wildman–Crippen MR) is 252 cm³/mol. The van der Waals surface area contributed by atoms with E-state index in [9.17, 15) is 0 Å². The molecule has 1 aliphatic rings. The third-order valence-corrected chi connectivity index (χ3v) is 15.2. The number of para-hydroxylation sites is 4. The van der Waals surface area contributed by atoms with Crippen molar-refractivity contribution >= 4 is 101 Å². The van der Waals surface area contributed by atoms with Crippen molar-refractivity contribution in [1.82, 2.24) is 4.57 Å². The zero-order chi connectivity index (χ0) is 40.2. The van der Waals surface area contributed by atoms with Gasteiger partial charge in [-0.2, -0.15) is 0 Å². The maximum atomic E-state index is 16.9. The van der Waals surface area contributed by atoms with E-state index in [1.165, 1.54) is 10.8 Å². The van der Waals surface area contributed by atoms with Crippen LogP contribution in [0.25, 0.3) is 82.5 Å². The maximum absolute atomic E-state index is 16.9. The molecule has 0 aliphatic carbocycles. The van der Waals surface area contributed by atoms with E-state index in [0.717, 1.165) is 99.8 Å². The fourth-order valence-electron chi connectivity index (χ4n) is 9.57. The molecule has 0 radical (unpaired) electrons. The van der Waals surface area contributed by atoms with Gasteiger partial charge < -0.3 is 13.4 Å². The highest BCUT2D eigenvalue weighted by Gasteiger charge is 2.49. The van der Waals surface area contributed by atoms with Gasteiger partial charge in [0.25, 0.3) is 0 Å². The Morgan fingerprint density at radius 2 is 0.852 bits per heavy atom. The van der Waals surface area contributed by atoms with E-state index < -0.39 is 7.44 Å². The molecule has 0 N–H and O–H groups in total. The van der Waals surface area contributed by atoms with Crippen molar-refractivity contribution in [2.45, 2.75) is 0 Å². The van der Waals surface area contributed by atoms with E-state index >= 15 is 4.57 Å². The normalized spacial score (nSPS) is 15.3. The Labute approximate surface area is 350 Å². The summed E-state index contributed by atoms with van der Waals surface area (Å²) in [5.41, 5.74) is 12.0. The van der Waals surface area contributed by atoms with E-state index in [4.69, 9.17) is 8.83 Å². The standard InChI is InChI=1S/C54H34N3O3P/c58-61(40-15-5-2-6-16-40)56(38-25-29-53-45(33-38)43-18-8-11-21-51(43)59-53)48-28-24-36(32-50(48)57(61)39-26-30-54-46(34-39)44-19-9-12-22-52(44)60-54)35-23-27-42-41-17-7-10-20-47(41)55(49(42)31-35)37-13-3-1-4-14-37/h1-34H. The smallest absolute Gasteiger partial charge is 0.301 e. The van der Waals surface area contributed by atoms with E-state index in [-0.39, 0.29) is 0 Å². The highest BCUT2D eigenvalue weighted by atomic mass is 31.2. The lowest BCUT2D eigenvalue weighted by Gasteiger charge is -2.33. The SMILES string of the molecule is O=P1(c2ccccc2)N(c2ccc3oc4ccccc4c3c2)c2ccc(-c3ccc4c5ccccc5n(-c5ccccc5)c4c3)cc2N1c1ccc2oc3ccccc3c2c1. The summed E-state index contributed by atoms with van der Waals surface area (Å²) in [4.78, 5) is 0. The van der Waals surface area contributed by atoms with Gasteiger partial charge >= 0.3 is 7.44 Å². The number of benzene rings is 9. The van der Waals surface area contributed by atoms with Crippen molar-refractivity contribution in [1.29, 1.82) is 0 Å². The highest BCUT2D eigenvalue weighted by Crippen LogP contribution is 2.70. The van der Waals surface area contributed by atoms with Crippen LogP contribution in [-0.4, -0.2) is 4.57 Å². The molecule has 1 atom stereocenters. The zero-order valence-electron chi connectivity index (χ0n) is 32.6. The average Bonchev–Trinajstić information content (AvgIpc) is 4.05. The van der Waals surface area contributed by atoms with Crippen LogP contribution in [0.4, 0.5) is 22.7 Å². The van der Waals surface area contributed by atoms with Crippen LogP contribution in [0.15, 0.2) is 215 Å². The minimum absolute atomic E-state index is 0.718. The van der Waals surface area contributed by atoms with Crippen molar-refractivity contribution in [3.8, 4) is 16.8 Å². The molecule has 0 saturated carbocycles. The minimum atomic E-state index is -3.72. The monoisotopic (exact) mass is 803 g/mol. The molecule has 0 spiro atoms. The Hall–Kier alpha value is -7.79. The van der Waals surface area contributed by atoms with Gasteiger partial charge in [-0.25, -0.2) is 0 Å². The molecule has 61 heavy (non-hydrogen) atoms. The molecular formula is C54H34N3O3P. The van der Waals surface area contributed by atoms with Gasteiger partial charge in [-0.1, -0.05) is 109 Å². The minimum Gasteiger partial charge on any atom is -0.456 e. The number of fused-ring (bicyclic) bond motifs is 10. The molecular weight excluding hydrogens is 770 g/mol. The number of hydrogen-bond donors (Lipinski definition) is 0. The molecule has 3 aromatic heterocycles. The average molecular weight is 804 g/mol.